The Hall–Kier alpha value is -6.52. The lowest BCUT2D eigenvalue weighted by molar-refractivity contribution is 0.669. The van der Waals surface area contributed by atoms with Gasteiger partial charge in [0.2, 0.25) is 0 Å². The molecule has 0 atom stereocenters. The van der Waals surface area contributed by atoms with Crippen LogP contribution < -0.4 is 4.90 Å². The van der Waals surface area contributed by atoms with Crippen LogP contribution in [0.3, 0.4) is 0 Å². The Morgan fingerprint density at radius 1 is 0.396 bits per heavy atom. The normalized spacial score (nSPS) is 11.8. The summed E-state index contributed by atoms with van der Waals surface area (Å²) >= 11 is 0. The minimum atomic E-state index is 0.873. The molecule has 0 saturated carbocycles. The van der Waals surface area contributed by atoms with Crippen LogP contribution >= 0.6 is 0 Å². The van der Waals surface area contributed by atoms with Crippen LogP contribution in [0.5, 0.6) is 0 Å². The first-order valence-corrected chi connectivity index (χ1v) is 16.3. The van der Waals surface area contributed by atoms with Crippen LogP contribution in [-0.2, 0) is 0 Å². The van der Waals surface area contributed by atoms with Crippen LogP contribution in [0.15, 0.2) is 180 Å². The van der Waals surface area contributed by atoms with Crippen molar-refractivity contribution in [2.75, 3.05) is 4.90 Å². The van der Waals surface area contributed by atoms with Crippen LogP contribution in [0, 0.1) is 0 Å². The molecule has 10 rings (SSSR count). The van der Waals surface area contributed by atoms with E-state index in [4.69, 9.17) is 4.42 Å². The molecule has 48 heavy (non-hydrogen) atoms. The van der Waals surface area contributed by atoms with Crippen molar-refractivity contribution in [3.63, 3.8) is 0 Å². The summed E-state index contributed by atoms with van der Waals surface area (Å²) < 4.78 is 11.2. The van der Waals surface area contributed by atoms with Gasteiger partial charge in [-0.1, -0.05) is 103 Å². The minimum absolute atomic E-state index is 0.873. The summed E-state index contributed by atoms with van der Waals surface area (Å²) in [6.07, 6.45) is 0. The molecule has 0 N–H and O–H groups in total. The highest BCUT2D eigenvalue weighted by Gasteiger charge is 2.24. The van der Waals surface area contributed by atoms with Crippen LogP contribution in [0.1, 0.15) is 0 Å². The molecule has 4 nitrogen and oxygen atoms in total. The van der Waals surface area contributed by atoms with Gasteiger partial charge in [0.1, 0.15) is 16.8 Å². The maximum atomic E-state index is 6.35. The van der Waals surface area contributed by atoms with Gasteiger partial charge in [-0.2, -0.15) is 0 Å². The van der Waals surface area contributed by atoms with Crippen LogP contribution in [0.2, 0.25) is 0 Å². The van der Waals surface area contributed by atoms with E-state index in [9.17, 15) is 0 Å². The molecular weight excluding hydrogens is 587 g/mol. The van der Waals surface area contributed by atoms with E-state index < -0.39 is 0 Å². The van der Waals surface area contributed by atoms with E-state index in [1.807, 2.05) is 12.1 Å². The maximum Gasteiger partial charge on any atom is 0.137 e. The van der Waals surface area contributed by atoms with Gasteiger partial charge in [-0.05, 0) is 72.8 Å². The molecule has 0 aliphatic heterocycles. The average molecular weight is 616 g/mol. The highest BCUT2D eigenvalue weighted by atomic mass is 16.3. The third-order valence-electron chi connectivity index (χ3n) is 9.48. The van der Waals surface area contributed by atoms with Gasteiger partial charge in [-0.15, -0.1) is 0 Å². The Labute approximate surface area is 276 Å². The third kappa shape index (κ3) is 3.90. The lowest BCUT2D eigenvalue weighted by Crippen LogP contribution is -2.10. The molecule has 3 aromatic heterocycles. The third-order valence-corrected chi connectivity index (χ3v) is 9.48. The molecule has 0 unspecified atom stereocenters. The zero-order valence-electron chi connectivity index (χ0n) is 26.0. The van der Waals surface area contributed by atoms with E-state index in [0.29, 0.717) is 0 Å². The van der Waals surface area contributed by atoms with Crippen molar-refractivity contribution in [1.29, 1.82) is 0 Å². The second-order valence-electron chi connectivity index (χ2n) is 12.2. The quantitative estimate of drug-likeness (QED) is 0.193. The molecule has 0 spiro atoms. The van der Waals surface area contributed by atoms with E-state index in [1.54, 1.807) is 0 Å². The van der Waals surface area contributed by atoms with Crippen molar-refractivity contribution in [3.05, 3.63) is 176 Å². The molecule has 0 amide bonds. The van der Waals surface area contributed by atoms with Crippen LogP contribution in [0.4, 0.5) is 17.1 Å². The molecule has 4 heteroatoms. The summed E-state index contributed by atoms with van der Waals surface area (Å²) in [6, 6.07) is 62.3. The van der Waals surface area contributed by atoms with Gasteiger partial charge in [0.05, 0.1) is 22.1 Å². The molecule has 3 heterocycles. The molecule has 0 saturated heterocycles. The smallest absolute Gasteiger partial charge is 0.137 e. The Balaban J connectivity index is 1.33. The van der Waals surface area contributed by atoms with Crippen molar-refractivity contribution < 1.29 is 4.42 Å². The predicted octanol–water partition coefficient (Wildman–Crippen LogP) is 12.1. The fraction of sp³-hybridized carbons (Fsp3) is 0. The summed E-state index contributed by atoms with van der Waals surface area (Å²) in [5.74, 6) is 0. The fourth-order valence-corrected chi connectivity index (χ4v) is 7.50. The minimum Gasteiger partial charge on any atom is -0.456 e. The molecular formula is C44H29N3O. The van der Waals surface area contributed by atoms with Gasteiger partial charge in [0.25, 0.3) is 0 Å². The Kier molecular flexibility index (Phi) is 5.84. The molecule has 10 aromatic rings. The van der Waals surface area contributed by atoms with Gasteiger partial charge >= 0.3 is 0 Å². The second-order valence-corrected chi connectivity index (χ2v) is 12.2. The number of rotatable bonds is 5. The number of furan rings is 1. The van der Waals surface area contributed by atoms with Crippen LogP contribution in [0.25, 0.3) is 66.2 Å². The second kappa shape index (κ2) is 10.5. The van der Waals surface area contributed by atoms with Crippen molar-refractivity contribution in [2.24, 2.45) is 0 Å². The number of anilines is 3. The Morgan fingerprint density at radius 3 is 1.73 bits per heavy atom. The molecule has 0 fully saturated rings. The van der Waals surface area contributed by atoms with E-state index >= 15 is 0 Å². The number of benzene rings is 7. The number of para-hydroxylation sites is 5. The van der Waals surface area contributed by atoms with E-state index in [1.165, 1.54) is 21.7 Å². The first-order chi connectivity index (χ1) is 23.8. The topological polar surface area (TPSA) is 26.2 Å². The van der Waals surface area contributed by atoms with E-state index in [-0.39, 0.29) is 0 Å². The number of hydrogen-bond acceptors (Lipinski definition) is 2. The summed E-state index contributed by atoms with van der Waals surface area (Å²) in [6.45, 7) is 0. The fourth-order valence-electron chi connectivity index (χ4n) is 7.50. The number of nitrogens with zero attached hydrogens (tertiary/aromatic N) is 3. The molecule has 0 aliphatic rings. The van der Waals surface area contributed by atoms with Gasteiger partial charge in [0, 0.05) is 44.3 Å². The maximum absolute atomic E-state index is 6.35. The van der Waals surface area contributed by atoms with E-state index in [2.05, 4.69) is 178 Å². The van der Waals surface area contributed by atoms with E-state index in [0.717, 1.165) is 61.5 Å². The number of aromatic nitrogens is 2. The Bertz CT molecular complexity index is 2770. The Morgan fingerprint density at radius 2 is 0.979 bits per heavy atom. The molecule has 7 aromatic carbocycles. The summed E-state index contributed by atoms with van der Waals surface area (Å²) in [4.78, 5) is 2.36. The summed E-state index contributed by atoms with van der Waals surface area (Å²) in [5, 5.41) is 5.89. The monoisotopic (exact) mass is 615 g/mol. The molecule has 226 valence electrons. The zero-order chi connectivity index (χ0) is 31.6. The molecule has 0 bridgehead atoms. The number of hydrogen-bond donors (Lipinski definition) is 0. The lowest BCUT2D eigenvalue weighted by Gasteiger charge is -2.26. The van der Waals surface area contributed by atoms with Crippen molar-refractivity contribution in [3.8, 4) is 11.4 Å². The summed E-state index contributed by atoms with van der Waals surface area (Å²) in [7, 11) is 0. The van der Waals surface area contributed by atoms with Gasteiger partial charge < -0.3 is 9.32 Å². The number of fused-ring (bicyclic) bond motifs is 8. The first kappa shape index (κ1) is 26.7. The first-order valence-electron chi connectivity index (χ1n) is 16.3. The van der Waals surface area contributed by atoms with Crippen molar-refractivity contribution in [1.82, 2.24) is 9.13 Å². The zero-order valence-corrected chi connectivity index (χ0v) is 26.0. The standard InChI is InChI=1S/C44H29N3O/c1-4-15-30(16-5-1)45(38-24-14-26-41-43(38)36-22-11-13-25-40(36)48-41)33-27-28-35-39(29-33)47(32-19-8-3-9-20-32)44-42(35)34-21-10-12-23-37(34)46(44)31-17-6-2-7-18-31/h1-29H. The largest absolute Gasteiger partial charge is 0.456 e. The van der Waals surface area contributed by atoms with Gasteiger partial charge in [-0.3, -0.25) is 9.13 Å². The average Bonchev–Trinajstić information content (AvgIpc) is 3.80. The van der Waals surface area contributed by atoms with Crippen molar-refractivity contribution >= 4 is 71.8 Å². The SMILES string of the molecule is c1ccc(N(c2ccc3c4c5ccccc5n(-c5ccccc5)c4n(-c4ccccc4)c3c2)c2cccc3oc4ccccc4c23)cc1. The van der Waals surface area contributed by atoms with Gasteiger partial charge in [-0.25, -0.2) is 0 Å². The molecule has 0 aliphatic carbocycles. The molecule has 0 radical (unpaired) electrons. The summed E-state index contributed by atoms with van der Waals surface area (Å²) in [5.41, 5.74) is 10.7. The van der Waals surface area contributed by atoms with Crippen LogP contribution in [-0.4, -0.2) is 9.13 Å². The highest BCUT2D eigenvalue weighted by molar-refractivity contribution is 6.23. The lowest BCUT2D eigenvalue weighted by atomic mass is 10.1. The van der Waals surface area contributed by atoms with Crippen molar-refractivity contribution in [2.45, 2.75) is 0 Å². The van der Waals surface area contributed by atoms with Gasteiger partial charge in [0.15, 0.2) is 0 Å². The predicted molar refractivity (Wildman–Crippen MR) is 200 cm³/mol. The highest BCUT2D eigenvalue weighted by Crippen LogP contribution is 2.46.